The second-order valence-electron chi connectivity index (χ2n) is 0. The average molecular weight is 304 g/mol. The molecule has 0 atom stereocenters. The topological polar surface area (TPSA) is 0 Å². The van der Waals surface area contributed by atoms with Gasteiger partial charge in [0, 0.05) is 19.5 Å². The van der Waals surface area contributed by atoms with Crippen LogP contribution in [0.15, 0.2) is 0 Å². The molecule has 0 aliphatic carbocycles. The summed E-state index contributed by atoms with van der Waals surface area (Å²) >= 11 is 0. The maximum Gasteiger partial charge on any atom is 0 e. The summed E-state index contributed by atoms with van der Waals surface area (Å²) in [5, 5.41) is 0. The fourth-order valence-electron chi connectivity index (χ4n) is 0. The predicted octanol–water partition coefficient (Wildman–Crippen LogP) is -3.67. The summed E-state index contributed by atoms with van der Waals surface area (Å²) in [6.07, 6.45) is 0. The van der Waals surface area contributed by atoms with Crippen LogP contribution in [0.4, 0.5) is 0 Å². The van der Waals surface area contributed by atoms with Crippen molar-refractivity contribution in [2.24, 2.45) is 0 Å². The van der Waals surface area contributed by atoms with Gasteiger partial charge in [0.2, 0.25) is 0 Å². The van der Waals surface area contributed by atoms with Crippen LogP contribution in [0.25, 0.3) is 0 Å². The molecule has 0 saturated heterocycles. The van der Waals surface area contributed by atoms with Gasteiger partial charge >= 0.3 is 123 Å². The molecule has 0 saturated carbocycles. The number of hydrogen-bond acceptors (Lipinski definition) is 0. The van der Waals surface area contributed by atoms with Gasteiger partial charge in [-0.25, -0.2) is 0 Å². The molecule has 0 spiro atoms. The summed E-state index contributed by atoms with van der Waals surface area (Å²) in [6, 6.07) is 0. The summed E-state index contributed by atoms with van der Waals surface area (Å²) in [4.78, 5) is 0. The van der Waals surface area contributed by atoms with Gasteiger partial charge < -0.3 is 0 Å². The molecule has 0 aliphatic heterocycles. The first-order valence-corrected chi connectivity index (χ1v) is 0. The van der Waals surface area contributed by atoms with E-state index in [1.165, 1.54) is 0 Å². The molecule has 5 heavy (non-hydrogen) atoms. The smallest absolute Gasteiger partial charge is 0 e. The average Bonchev–Trinajstić information content (AvgIpc) is 0. The van der Waals surface area contributed by atoms with E-state index >= 15 is 0 Å². The summed E-state index contributed by atoms with van der Waals surface area (Å²) in [6.45, 7) is 0. The Bertz CT molecular complexity index is 11.6. The van der Waals surface area contributed by atoms with Crippen LogP contribution in [0.1, 0.15) is 0 Å². The van der Waals surface area contributed by atoms with Crippen molar-refractivity contribution in [1.29, 1.82) is 0 Å². The summed E-state index contributed by atoms with van der Waals surface area (Å²) in [7, 11) is 0. The van der Waals surface area contributed by atoms with Crippen molar-refractivity contribution in [3.63, 3.8) is 0 Å². The minimum Gasteiger partial charge on any atom is 0 e. The Morgan fingerprint density at radius 3 is 1.00 bits per heavy atom. The van der Waals surface area contributed by atoms with Crippen LogP contribution in [-0.4, -0.2) is 123 Å². The van der Waals surface area contributed by atoms with Crippen molar-refractivity contribution in [3.05, 3.63) is 0 Å². The van der Waals surface area contributed by atoms with Crippen LogP contribution in [0.2, 0.25) is 0 Å². The molecule has 0 bridgehead atoms. The monoisotopic (exact) mass is 304 g/mol. The van der Waals surface area contributed by atoms with Crippen LogP contribution in [-0.2, 0) is 19.5 Å². The molecule has 0 aliphatic rings. The molecule has 0 fully saturated rings. The van der Waals surface area contributed by atoms with E-state index in [-0.39, 0.29) is 143 Å². The van der Waals surface area contributed by atoms with Crippen molar-refractivity contribution in [2.45, 2.75) is 0 Å². The normalized spacial score (nSPS) is 0. The first kappa shape index (κ1) is 33.4. The third-order valence-corrected chi connectivity index (χ3v) is 0. The molecule has 5 heteroatoms. The maximum atomic E-state index is 0. The minimum absolute atomic E-state index is 0. The number of hydrogen-bond donors (Lipinski definition) is 0. The second-order valence-corrected chi connectivity index (χ2v) is 0. The molecular weight excluding hydrogens is 296 g/mol. The molecule has 0 aromatic rings. The first-order chi connectivity index (χ1) is 0. The Balaban J connectivity index is 0. The SMILES string of the molecule is [CaH2].[MgH2].[SeH2].[SrH2].[Zn]. The molecule has 0 rings (SSSR count). The Morgan fingerprint density at radius 2 is 1.00 bits per heavy atom. The van der Waals surface area contributed by atoms with E-state index in [9.17, 15) is 0 Å². The zero-order chi connectivity index (χ0) is 0. The van der Waals surface area contributed by atoms with Gasteiger partial charge in [0.25, 0.3) is 0 Å². The third-order valence-electron chi connectivity index (χ3n) is 0. The zero-order valence-corrected chi connectivity index (χ0v) is 6.27. The van der Waals surface area contributed by atoms with E-state index < -0.39 is 0 Å². The molecule has 22 valence electrons. The predicted molar refractivity (Wildman–Crippen MR) is 34.2 cm³/mol. The Hall–Kier alpha value is 4.65. The van der Waals surface area contributed by atoms with E-state index in [0.717, 1.165) is 0 Å². The minimum atomic E-state index is 0. The Labute approximate surface area is 139 Å². The summed E-state index contributed by atoms with van der Waals surface area (Å²) < 4.78 is 0. The van der Waals surface area contributed by atoms with Crippen molar-refractivity contribution >= 4 is 123 Å². The van der Waals surface area contributed by atoms with E-state index in [0.29, 0.717) is 0 Å². The van der Waals surface area contributed by atoms with Crippen molar-refractivity contribution in [3.8, 4) is 0 Å². The molecular formula is H8CaMgSeSrZn. The molecule has 0 radical (unpaired) electrons. The fraction of sp³-hybridized carbons (Fsp3) is 0. The van der Waals surface area contributed by atoms with Gasteiger partial charge in [-0.3, -0.25) is 0 Å². The second kappa shape index (κ2) is 23.4. The molecule has 0 heterocycles. The van der Waals surface area contributed by atoms with E-state index in [2.05, 4.69) is 0 Å². The quantitative estimate of drug-likeness (QED) is 0.405. The van der Waals surface area contributed by atoms with Gasteiger partial charge in [-0.2, -0.15) is 0 Å². The van der Waals surface area contributed by atoms with E-state index in [1.54, 1.807) is 0 Å². The van der Waals surface area contributed by atoms with Crippen LogP contribution in [0, 0.1) is 0 Å². The van der Waals surface area contributed by atoms with E-state index in [1.807, 2.05) is 0 Å². The van der Waals surface area contributed by atoms with Crippen molar-refractivity contribution in [2.75, 3.05) is 0 Å². The van der Waals surface area contributed by atoms with Crippen LogP contribution < -0.4 is 0 Å². The first-order valence-electron chi connectivity index (χ1n) is 0. The fourth-order valence-corrected chi connectivity index (χ4v) is 0. The van der Waals surface area contributed by atoms with Crippen LogP contribution in [0.5, 0.6) is 0 Å². The molecule has 0 amide bonds. The van der Waals surface area contributed by atoms with Crippen molar-refractivity contribution < 1.29 is 19.5 Å². The summed E-state index contributed by atoms with van der Waals surface area (Å²) in [5.74, 6) is 0. The largest absolute Gasteiger partial charge is 0 e. The standard InChI is InChI=1S/Ca.Mg.H2Se.Sr.Zn.6H/h;;1H2;;;;;;;;. The number of rotatable bonds is 0. The Kier molecular flexibility index (Phi) is 156. The summed E-state index contributed by atoms with van der Waals surface area (Å²) in [5.41, 5.74) is 0. The molecule has 0 aromatic carbocycles. The van der Waals surface area contributed by atoms with Gasteiger partial charge in [-0.15, -0.1) is 0 Å². The van der Waals surface area contributed by atoms with Gasteiger partial charge in [-0.1, -0.05) is 0 Å². The third kappa shape index (κ3) is 17.7. The van der Waals surface area contributed by atoms with Gasteiger partial charge in [0.15, 0.2) is 0 Å². The van der Waals surface area contributed by atoms with Crippen molar-refractivity contribution in [1.82, 2.24) is 0 Å². The zero-order valence-electron chi connectivity index (χ0n) is 1.21. The molecule has 0 aromatic heterocycles. The molecule has 0 unspecified atom stereocenters. The maximum absolute atomic E-state index is 0. The van der Waals surface area contributed by atoms with Gasteiger partial charge in [0.05, 0.1) is 0 Å². The Morgan fingerprint density at radius 1 is 1.00 bits per heavy atom. The molecule has 0 N–H and O–H groups in total. The molecule has 0 nitrogen and oxygen atoms in total. The van der Waals surface area contributed by atoms with Crippen LogP contribution >= 0.6 is 0 Å². The van der Waals surface area contributed by atoms with Gasteiger partial charge in [-0.05, 0) is 0 Å². The van der Waals surface area contributed by atoms with Gasteiger partial charge in [0.1, 0.15) is 0 Å². The van der Waals surface area contributed by atoms with E-state index in [4.69, 9.17) is 0 Å². The van der Waals surface area contributed by atoms with Crippen LogP contribution in [0.3, 0.4) is 0 Å².